The molecule has 1 aliphatic rings. The Kier molecular flexibility index (Phi) is 5.27. The van der Waals surface area contributed by atoms with Gasteiger partial charge in [-0.25, -0.2) is 4.79 Å². The highest BCUT2D eigenvalue weighted by atomic mass is 79.9. The van der Waals surface area contributed by atoms with E-state index in [4.69, 9.17) is 5.11 Å². The molecule has 0 spiro atoms. The Morgan fingerprint density at radius 3 is 2.38 bits per heavy atom. The molecule has 1 saturated carbocycles. The van der Waals surface area contributed by atoms with Gasteiger partial charge in [-0.05, 0) is 75.2 Å². The fourth-order valence-corrected chi connectivity index (χ4v) is 3.61. The third-order valence-corrected chi connectivity index (χ3v) is 4.46. The number of benzene rings is 1. The number of rotatable bonds is 5. The van der Waals surface area contributed by atoms with Crippen molar-refractivity contribution in [1.29, 1.82) is 0 Å². The SMILES string of the molecule is Cc1cc(Br)c(NC(=O)N(CC(=O)O)CC2CC2)c(Br)c1. The van der Waals surface area contributed by atoms with E-state index in [1.807, 2.05) is 19.1 Å². The number of carbonyl (C=O) groups is 2. The van der Waals surface area contributed by atoms with Crippen LogP contribution in [-0.4, -0.2) is 35.1 Å². The smallest absolute Gasteiger partial charge is 0.323 e. The monoisotopic (exact) mass is 418 g/mol. The topological polar surface area (TPSA) is 69.6 Å². The van der Waals surface area contributed by atoms with Crippen molar-refractivity contribution >= 4 is 49.5 Å². The molecule has 1 fully saturated rings. The molecule has 1 aromatic rings. The zero-order valence-electron chi connectivity index (χ0n) is 11.5. The largest absolute Gasteiger partial charge is 0.480 e. The molecule has 114 valence electrons. The van der Waals surface area contributed by atoms with Crippen LogP contribution in [0.15, 0.2) is 21.1 Å². The van der Waals surface area contributed by atoms with Crippen molar-refractivity contribution in [3.8, 4) is 0 Å². The first kappa shape index (κ1) is 16.3. The minimum absolute atomic E-state index is 0.288. The summed E-state index contributed by atoms with van der Waals surface area (Å²) in [5.74, 6) is -0.576. The highest BCUT2D eigenvalue weighted by Gasteiger charge is 2.28. The van der Waals surface area contributed by atoms with Crippen LogP contribution in [0.5, 0.6) is 0 Å². The molecule has 0 atom stereocenters. The Morgan fingerprint density at radius 2 is 1.90 bits per heavy atom. The molecule has 21 heavy (non-hydrogen) atoms. The number of halogens is 2. The maximum Gasteiger partial charge on any atom is 0.323 e. The molecule has 5 nitrogen and oxygen atoms in total. The summed E-state index contributed by atoms with van der Waals surface area (Å²) < 4.78 is 1.51. The number of hydrogen-bond donors (Lipinski definition) is 2. The summed E-state index contributed by atoms with van der Waals surface area (Å²) in [6, 6.07) is 3.39. The molecule has 0 aromatic heterocycles. The number of nitrogens with one attached hydrogen (secondary N) is 1. The molecule has 1 aliphatic carbocycles. The number of aryl methyl sites for hydroxylation is 1. The molecule has 0 radical (unpaired) electrons. The fourth-order valence-electron chi connectivity index (χ4n) is 2.00. The molecule has 0 aliphatic heterocycles. The first-order valence-electron chi connectivity index (χ1n) is 6.60. The third kappa shape index (κ3) is 4.71. The van der Waals surface area contributed by atoms with Gasteiger partial charge in [0, 0.05) is 15.5 Å². The molecule has 0 saturated heterocycles. The average molecular weight is 420 g/mol. The first-order valence-corrected chi connectivity index (χ1v) is 8.18. The van der Waals surface area contributed by atoms with Crippen molar-refractivity contribution in [2.45, 2.75) is 19.8 Å². The Hall–Kier alpha value is -1.08. The van der Waals surface area contributed by atoms with Crippen LogP contribution in [0.2, 0.25) is 0 Å². The first-order chi connectivity index (χ1) is 9.86. The van der Waals surface area contributed by atoms with E-state index in [0.29, 0.717) is 18.2 Å². The molecule has 0 heterocycles. The van der Waals surface area contributed by atoms with Gasteiger partial charge in [0.1, 0.15) is 6.54 Å². The Labute approximate surface area is 140 Å². The number of carboxylic acids is 1. The van der Waals surface area contributed by atoms with Crippen molar-refractivity contribution in [3.05, 3.63) is 26.6 Å². The molecule has 2 amide bonds. The predicted molar refractivity (Wildman–Crippen MR) is 87.5 cm³/mol. The summed E-state index contributed by atoms with van der Waals surface area (Å²) in [5, 5.41) is 11.7. The standard InChI is InChI=1S/C14H16Br2N2O3/c1-8-4-10(15)13(11(16)5-8)17-14(21)18(7-12(19)20)6-9-2-3-9/h4-5,9H,2-3,6-7H2,1H3,(H,17,21)(H,19,20). The lowest BCUT2D eigenvalue weighted by Crippen LogP contribution is -2.40. The van der Waals surface area contributed by atoms with Crippen molar-refractivity contribution in [2.24, 2.45) is 5.92 Å². The van der Waals surface area contributed by atoms with Crippen LogP contribution < -0.4 is 5.32 Å². The number of anilines is 1. The number of carboxylic acid groups (broad SMARTS) is 1. The zero-order chi connectivity index (χ0) is 15.6. The van der Waals surface area contributed by atoms with Gasteiger partial charge in [-0.1, -0.05) is 0 Å². The van der Waals surface area contributed by atoms with Crippen LogP contribution in [-0.2, 0) is 4.79 Å². The van der Waals surface area contributed by atoms with Crippen LogP contribution in [0.3, 0.4) is 0 Å². The van der Waals surface area contributed by atoms with Gasteiger partial charge in [0.05, 0.1) is 5.69 Å². The lowest BCUT2D eigenvalue weighted by molar-refractivity contribution is -0.137. The van der Waals surface area contributed by atoms with E-state index in [1.54, 1.807) is 0 Å². The minimum Gasteiger partial charge on any atom is -0.480 e. The second kappa shape index (κ2) is 6.79. The average Bonchev–Trinajstić information content (AvgIpc) is 3.16. The molecular formula is C14H16Br2N2O3. The summed E-state index contributed by atoms with van der Waals surface area (Å²) in [7, 11) is 0. The van der Waals surface area contributed by atoms with E-state index in [9.17, 15) is 9.59 Å². The van der Waals surface area contributed by atoms with E-state index < -0.39 is 12.0 Å². The van der Waals surface area contributed by atoms with Crippen LogP contribution >= 0.6 is 31.9 Å². The zero-order valence-corrected chi connectivity index (χ0v) is 14.7. The van der Waals surface area contributed by atoms with Crippen molar-refractivity contribution in [1.82, 2.24) is 4.90 Å². The van der Waals surface area contributed by atoms with Gasteiger partial charge in [0.25, 0.3) is 0 Å². The third-order valence-electron chi connectivity index (χ3n) is 3.21. The van der Waals surface area contributed by atoms with Gasteiger partial charge >= 0.3 is 12.0 Å². The lowest BCUT2D eigenvalue weighted by atomic mass is 10.2. The summed E-state index contributed by atoms with van der Waals surface area (Å²) >= 11 is 6.82. The Bertz CT molecular complexity index is 550. The molecule has 2 rings (SSSR count). The van der Waals surface area contributed by atoms with E-state index in [-0.39, 0.29) is 6.54 Å². The number of nitrogens with zero attached hydrogens (tertiary/aromatic N) is 1. The number of carbonyl (C=O) groups excluding carboxylic acids is 1. The quantitative estimate of drug-likeness (QED) is 0.761. The van der Waals surface area contributed by atoms with Crippen molar-refractivity contribution in [3.63, 3.8) is 0 Å². The summed E-state index contributed by atoms with van der Waals surface area (Å²) in [6.45, 7) is 2.15. The summed E-state index contributed by atoms with van der Waals surface area (Å²) in [5.41, 5.74) is 1.66. The van der Waals surface area contributed by atoms with E-state index in [0.717, 1.165) is 27.4 Å². The van der Waals surface area contributed by atoms with Gasteiger partial charge in [-0.3, -0.25) is 4.79 Å². The van der Waals surface area contributed by atoms with Gasteiger partial charge in [0.2, 0.25) is 0 Å². The highest BCUT2D eigenvalue weighted by molar-refractivity contribution is 9.11. The predicted octanol–water partition coefficient (Wildman–Crippen LogP) is 3.85. The molecule has 0 unspecified atom stereocenters. The Balaban J connectivity index is 2.12. The summed E-state index contributed by atoms with van der Waals surface area (Å²) in [4.78, 5) is 24.6. The van der Waals surface area contributed by atoms with Gasteiger partial charge < -0.3 is 15.3 Å². The molecule has 2 N–H and O–H groups in total. The van der Waals surface area contributed by atoms with Crippen molar-refractivity contribution in [2.75, 3.05) is 18.4 Å². The van der Waals surface area contributed by atoms with E-state index >= 15 is 0 Å². The van der Waals surface area contributed by atoms with Gasteiger partial charge in [-0.2, -0.15) is 0 Å². The normalized spacial score (nSPS) is 13.9. The van der Waals surface area contributed by atoms with Crippen molar-refractivity contribution < 1.29 is 14.7 Å². The number of hydrogen-bond acceptors (Lipinski definition) is 2. The van der Waals surface area contributed by atoms with Crippen LogP contribution in [0.1, 0.15) is 18.4 Å². The van der Waals surface area contributed by atoms with E-state index in [2.05, 4.69) is 37.2 Å². The van der Waals surface area contributed by atoms with Crippen LogP contribution in [0.4, 0.5) is 10.5 Å². The fraction of sp³-hybridized carbons (Fsp3) is 0.429. The molecule has 7 heteroatoms. The molecular weight excluding hydrogens is 404 g/mol. The number of aliphatic carboxylic acids is 1. The van der Waals surface area contributed by atoms with Gasteiger partial charge in [0.15, 0.2) is 0 Å². The Morgan fingerprint density at radius 1 is 1.33 bits per heavy atom. The van der Waals surface area contributed by atoms with Crippen LogP contribution in [0.25, 0.3) is 0 Å². The number of urea groups is 1. The molecule has 0 bridgehead atoms. The van der Waals surface area contributed by atoms with Gasteiger partial charge in [-0.15, -0.1) is 0 Å². The highest BCUT2D eigenvalue weighted by Crippen LogP contribution is 2.33. The maximum absolute atomic E-state index is 12.3. The minimum atomic E-state index is -1.01. The maximum atomic E-state index is 12.3. The number of amides is 2. The van der Waals surface area contributed by atoms with Crippen LogP contribution in [0, 0.1) is 12.8 Å². The van der Waals surface area contributed by atoms with E-state index in [1.165, 1.54) is 4.90 Å². The second-order valence-electron chi connectivity index (χ2n) is 5.25. The lowest BCUT2D eigenvalue weighted by Gasteiger charge is -2.22. The molecule has 1 aromatic carbocycles. The second-order valence-corrected chi connectivity index (χ2v) is 6.96. The summed E-state index contributed by atoms with van der Waals surface area (Å²) in [6.07, 6.45) is 2.11.